The van der Waals surface area contributed by atoms with Gasteiger partial charge in [-0.3, -0.25) is 4.79 Å². The van der Waals surface area contributed by atoms with E-state index >= 15 is 0 Å². The van der Waals surface area contributed by atoms with Gasteiger partial charge in [-0.25, -0.2) is 0 Å². The maximum Gasteiger partial charge on any atom is 0.312 e. The Labute approximate surface area is 121 Å². The van der Waals surface area contributed by atoms with E-state index in [0.717, 1.165) is 43.3 Å². The van der Waals surface area contributed by atoms with Gasteiger partial charge >= 0.3 is 5.97 Å². The van der Waals surface area contributed by atoms with Gasteiger partial charge in [-0.1, -0.05) is 13.8 Å². The van der Waals surface area contributed by atoms with Crippen LogP contribution in [0.15, 0.2) is 0 Å². The third kappa shape index (κ3) is 2.40. The molecule has 0 N–H and O–H groups in total. The zero-order chi connectivity index (χ0) is 14.3. The van der Waals surface area contributed by atoms with Gasteiger partial charge in [0.1, 0.15) is 12.4 Å². The molecule has 4 aliphatic rings. The molecule has 3 nitrogen and oxygen atoms in total. The summed E-state index contributed by atoms with van der Waals surface area (Å²) in [4.78, 5) is 23.5. The number of rotatable bonds is 5. The van der Waals surface area contributed by atoms with Crippen LogP contribution in [0.4, 0.5) is 0 Å². The van der Waals surface area contributed by atoms with Gasteiger partial charge in [-0.05, 0) is 62.2 Å². The van der Waals surface area contributed by atoms with Crippen molar-refractivity contribution in [3.05, 3.63) is 0 Å². The summed E-state index contributed by atoms with van der Waals surface area (Å²) in [5.41, 5.74) is -0.204. The fourth-order valence-electron chi connectivity index (χ4n) is 5.17. The largest absolute Gasteiger partial charge is 0.461 e. The zero-order valence-corrected chi connectivity index (χ0v) is 12.6. The Morgan fingerprint density at radius 2 is 1.65 bits per heavy atom. The highest BCUT2D eigenvalue weighted by Gasteiger charge is 2.55. The summed E-state index contributed by atoms with van der Waals surface area (Å²) in [6.07, 6.45) is 8.04. The average molecular weight is 278 g/mol. The van der Waals surface area contributed by atoms with Crippen molar-refractivity contribution in [2.45, 2.75) is 64.9 Å². The van der Waals surface area contributed by atoms with Crippen LogP contribution in [0.5, 0.6) is 0 Å². The van der Waals surface area contributed by atoms with Crippen molar-refractivity contribution in [1.29, 1.82) is 0 Å². The van der Waals surface area contributed by atoms with E-state index in [1.807, 2.05) is 13.8 Å². The summed E-state index contributed by atoms with van der Waals surface area (Å²) in [5, 5.41) is 0. The lowest BCUT2D eigenvalue weighted by molar-refractivity contribution is -0.179. The van der Waals surface area contributed by atoms with Crippen LogP contribution >= 0.6 is 0 Å². The smallest absolute Gasteiger partial charge is 0.312 e. The number of carbonyl (C=O) groups is 2. The number of carbonyl (C=O) groups excluding carboxylic acids is 2. The molecule has 0 aliphatic heterocycles. The van der Waals surface area contributed by atoms with Crippen LogP contribution in [0.25, 0.3) is 0 Å². The van der Waals surface area contributed by atoms with E-state index < -0.39 is 0 Å². The van der Waals surface area contributed by atoms with Gasteiger partial charge in [0.2, 0.25) is 0 Å². The predicted molar refractivity (Wildman–Crippen MR) is 76.0 cm³/mol. The summed E-state index contributed by atoms with van der Waals surface area (Å²) in [7, 11) is 0. The molecule has 0 radical (unpaired) electrons. The standard InChI is InChI=1S/C17H26O3/c1-11(2)15(3-4-18)20-16(19)17-8-12-5-13(9-17)7-14(6-12)10-17/h4,11-15H,3,5-10H2,1-2H3. The first-order chi connectivity index (χ1) is 9.52. The Balaban J connectivity index is 1.71. The fraction of sp³-hybridized carbons (Fsp3) is 0.882. The summed E-state index contributed by atoms with van der Waals surface area (Å²) >= 11 is 0. The monoisotopic (exact) mass is 278 g/mol. The van der Waals surface area contributed by atoms with Crippen LogP contribution < -0.4 is 0 Å². The second kappa shape index (κ2) is 5.16. The molecule has 20 heavy (non-hydrogen) atoms. The van der Waals surface area contributed by atoms with Crippen LogP contribution in [0, 0.1) is 29.1 Å². The summed E-state index contributed by atoms with van der Waals surface area (Å²) in [6.45, 7) is 4.03. The van der Waals surface area contributed by atoms with Crippen LogP contribution in [0.3, 0.4) is 0 Å². The lowest BCUT2D eigenvalue weighted by Gasteiger charge is -2.55. The quantitative estimate of drug-likeness (QED) is 0.572. The minimum Gasteiger partial charge on any atom is -0.461 e. The Hall–Kier alpha value is -0.860. The van der Waals surface area contributed by atoms with Crippen molar-refractivity contribution in [3.8, 4) is 0 Å². The SMILES string of the molecule is CC(C)C(CC=O)OC(=O)C12CC3CC(CC(C3)C1)C2. The zero-order valence-electron chi connectivity index (χ0n) is 12.6. The first kappa shape index (κ1) is 14.1. The van der Waals surface area contributed by atoms with Crippen LogP contribution in [-0.4, -0.2) is 18.4 Å². The van der Waals surface area contributed by atoms with Gasteiger partial charge in [-0.15, -0.1) is 0 Å². The number of ether oxygens (including phenoxy) is 1. The van der Waals surface area contributed by atoms with Crippen molar-refractivity contribution in [3.63, 3.8) is 0 Å². The molecule has 0 aromatic carbocycles. The molecule has 4 rings (SSSR count). The average Bonchev–Trinajstić information content (AvgIpc) is 2.36. The van der Waals surface area contributed by atoms with E-state index in [4.69, 9.17) is 4.74 Å². The van der Waals surface area contributed by atoms with Crippen LogP contribution in [-0.2, 0) is 14.3 Å². The minimum absolute atomic E-state index is 0.00264. The fourth-order valence-corrected chi connectivity index (χ4v) is 5.17. The molecule has 4 saturated carbocycles. The molecule has 0 saturated heterocycles. The maximum atomic E-state index is 12.7. The number of esters is 1. The van der Waals surface area contributed by atoms with Crippen molar-refractivity contribution >= 4 is 12.3 Å². The molecule has 4 fully saturated rings. The van der Waals surface area contributed by atoms with Crippen molar-refractivity contribution in [2.24, 2.45) is 29.1 Å². The molecule has 0 spiro atoms. The van der Waals surface area contributed by atoms with Gasteiger partial charge in [0, 0.05) is 6.42 Å². The normalized spacial score (nSPS) is 39.9. The third-order valence-electron chi connectivity index (χ3n) is 5.80. The maximum absolute atomic E-state index is 12.7. The molecule has 0 aromatic heterocycles. The van der Waals surface area contributed by atoms with E-state index in [1.54, 1.807) is 0 Å². The van der Waals surface area contributed by atoms with Gasteiger partial charge < -0.3 is 9.53 Å². The summed E-state index contributed by atoms with van der Waals surface area (Å²) in [5.74, 6) is 2.45. The Kier molecular flexibility index (Phi) is 3.64. The predicted octanol–water partition coefficient (Wildman–Crippen LogP) is 3.36. The van der Waals surface area contributed by atoms with Gasteiger partial charge in [0.25, 0.3) is 0 Å². The van der Waals surface area contributed by atoms with Crippen LogP contribution in [0.1, 0.15) is 58.8 Å². The molecular formula is C17H26O3. The first-order valence-corrected chi connectivity index (χ1v) is 8.17. The highest BCUT2D eigenvalue weighted by molar-refractivity contribution is 5.78. The molecule has 0 aromatic rings. The molecule has 0 amide bonds. The lowest BCUT2D eigenvalue weighted by Crippen LogP contribution is -2.51. The molecule has 4 bridgehead atoms. The van der Waals surface area contributed by atoms with Gasteiger partial charge in [0.15, 0.2) is 0 Å². The topological polar surface area (TPSA) is 43.4 Å². The Bertz CT molecular complexity index is 364. The molecule has 112 valence electrons. The van der Waals surface area contributed by atoms with E-state index in [2.05, 4.69) is 0 Å². The highest BCUT2D eigenvalue weighted by atomic mass is 16.5. The number of aldehydes is 1. The van der Waals surface area contributed by atoms with E-state index in [-0.39, 0.29) is 23.4 Å². The van der Waals surface area contributed by atoms with Gasteiger partial charge in [0.05, 0.1) is 5.41 Å². The second-order valence-electron chi connectivity index (χ2n) is 7.79. The van der Waals surface area contributed by atoms with Crippen molar-refractivity contribution in [1.82, 2.24) is 0 Å². The van der Waals surface area contributed by atoms with E-state index in [1.165, 1.54) is 19.3 Å². The van der Waals surface area contributed by atoms with Crippen molar-refractivity contribution in [2.75, 3.05) is 0 Å². The Morgan fingerprint density at radius 1 is 1.15 bits per heavy atom. The van der Waals surface area contributed by atoms with Crippen LogP contribution in [0.2, 0.25) is 0 Å². The summed E-state index contributed by atoms with van der Waals surface area (Å²) in [6, 6.07) is 0. The number of hydrogen-bond acceptors (Lipinski definition) is 3. The van der Waals surface area contributed by atoms with E-state index in [0.29, 0.717) is 6.42 Å². The van der Waals surface area contributed by atoms with E-state index in [9.17, 15) is 9.59 Å². The van der Waals surface area contributed by atoms with Crippen molar-refractivity contribution < 1.29 is 14.3 Å². The molecule has 1 atom stereocenters. The molecule has 3 heteroatoms. The second-order valence-corrected chi connectivity index (χ2v) is 7.79. The molecule has 0 heterocycles. The highest BCUT2D eigenvalue weighted by Crippen LogP contribution is 2.60. The van der Waals surface area contributed by atoms with Gasteiger partial charge in [-0.2, -0.15) is 0 Å². The minimum atomic E-state index is -0.243. The molecular weight excluding hydrogens is 252 g/mol. The summed E-state index contributed by atoms with van der Waals surface area (Å²) < 4.78 is 5.77. The molecule has 1 unspecified atom stereocenters. The lowest BCUT2D eigenvalue weighted by atomic mass is 9.49. The molecule has 4 aliphatic carbocycles. The number of hydrogen-bond donors (Lipinski definition) is 0. The Morgan fingerprint density at radius 3 is 2.05 bits per heavy atom. The third-order valence-corrected chi connectivity index (χ3v) is 5.80. The first-order valence-electron chi connectivity index (χ1n) is 8.17.